The lowest BCUT2D eigenvalue weighted by molar-refractivity contribution is 0.0952. The summed E-state index contributed by atoms with van der Waals surface area (Å²) in [4.78, 5) is 11.8. The lowest BCUT2D eigenvalue weighted by atomic mass is 10.2. The Morgan fingerprint density at radius 1 is 1.59 bits per heavy atom. The Balaban J connectivity index is 2.58. The van der Waals surface area contributed by atoms with Crippen molar-refractivity contribution in [2.75, 3.05) is 6.54 Å². The smallest absolute Gasteiger partial charge is 0.252 e. The molecule has 2 nitrogen and oxygen atoms in total. The summed E-state index contributed by atoms with van der Waals surface area (Å²) in [6.45, 7) is 2.45. The molecule has 1 aromatic carbocycles. The normalized spacial score (nSPS) is 12.2. The first kappa shape index (κ1) is 14.5. The zero-order valence-corrected chi connectivity index (χ0v) is 11.8. The second-order valence-corrected chi connectivity index (χ2v) is 5.19. The fraction of sp³-hybridized carbons (Fsp3) is 0.417. The molecule has 94 valence electrons. The Bertz CT molecular complexity index is 400. The molecule has 0 aliphatic rings. The Morgan fingerprint density at radius 3 is 2.88 bits per heavy atom. The fourth-order valence-electron chi connectivity index (χ4n) is 1.39. The summed E-state index contributed by atoms with van der Waals surface area (Å²) in [5.74, 6) is -0.631. The number of hydrogen-bond acceptors (Lipinski definition) is 1. The molecule has 5 heteroatoms. The molecule has 0 aliphatic carbocycles. The summed E-state index contributed by atoms with van der Waals surface area (Å²) < 4.78 is 13.3. The largest absolute Gasteiger partial charge is 0.351 e. The van der Waals surface area contributed by atoms with Crippen molar-refractivity contribution in [1.29, 1.82) is 0 Å². The van der Waals surface area contributed by atoms with E-state index in [0.717, 1.165) is 12.8 Å². The van der Waals surface area contributed by atoms with E-state index in [9.17, 15) is 9.18 Å². The minimum absolute atomic E-state index is 0.0665. The molecule has 1 atom stereocenters. The SMILES string of the molecule is CCCC(Cl)CNC(=O)c1ccc(F)cc1Br. The van der Waals surface area contributed by atoms with Gasteiger partial charge in [0.1, 0.15) is 5.82 Å². The van der Waals surface area contributed by atoms with Gasteiger partial charge in [-0.3, -0.25) is 4.79 Å². The fourth-order valence-corrected chi connectivity index (χ4v) is 2.21. The highest BCUT2D eigenvalue weighted by molar-refractivity contribution is 9.10. The molecule has 0 radical (unpaired) electrons. The third-order valence-electron chi connectivity index (χ3n) is 2.26. The Morgan fingerprint density at radius 2 is 2.29 bits per heavy atom. The molecule has 0 bridgehead atoms. The molecule has 0 aliphatic heterocycles. The highest BCUT2D eigenvalue weighted by atomic mass is 79.9. The molecule has 1 unspecified atom stereocenters. The predicted molar refractivity (Wildman–Crippen MR) is 71.0 cm³/mol. The van der Waals surface area contributed by atoms with Crippen LogP contribution in [0.4, 0.5) is 4.39 Å². The van der Waals surface area contributed by atoms with Crippen molar-refractivity contribution in [1.82, 2.24) is 5.32 Å². The molecule has 1 rings (SSSR count). The molecule has 0 fully saturated rings. The van der Waals surface area contributed by atoms with Gasteiger partial charge in [0.2, 0.25) is 0 Å². The van der Waals surface area contributed by atoms with Gasteiger partial charge in [-0.25, -0.2) is 4.39 Å². The molecule has 1 amide bonds. The number of rotatable bonds is 5. The van der Waals surface area contributed by atoms with Crippen LogP contribution >= 0.6 is 27.5 Å². The Labute approximate surface area is 114 Å². The van der Waals surface area contributed by atoms with Gasteiger partial charge >= 0.3 is 0 Å². The number of amides is 1. The number of carbonyl (C=O) groups is 1. The summed E-state index contributed by atoms with van der Waals surface area (Å²) in [5.41, 5.74) is 0.409. The van der Waals surface area contributed by atoms with Crippen molar-refractivity contribution < 1.29 is 9.18 Å². The molecule has 17 heavy (non-hydrogen) atoms. The van der Waals surface area contributed by atoms with Crippen LogP contribution in [0.5, 0.6) is 0 Å². The summed E-state index contributed by atoms with van der Waals surface area (Å²) >= 11 is 9.14. The number of halogens is 3. The molecule has 0 saturated carbocycles. The van der Waals surface area contributed by atoms with Crippen LogP contribution in [0.15, 0.2) is 22.7 Å². The summed E-state index contributed by atoms with van der Waals surface area (Å²) in [5, 5.41) is 2.65. The average Bonchev–Trinajstić information content (AvgIpc) is 2.26. The number of benzene rings is 1. The van der Waals surface area contributed by atoms with Gasteiger partial charge < -0.3 is 5.32 Å². The number of carbonyl (C=O) groups excluding carboxylic acids is 1. The van der Waals surface area contributed by atoms with Crippen molar-refractivity contribution in [3.63, 3.8) is 0 Å². The molecular weight excluding hydrogens is 308 g/mol. The van der Waals surface area contributed by atoms with Crippen molar-refractivity contribution >= 4 is 33.4 Å². The summed E-state index contributed by atoms with van der Waals surface area (Å²) in [6, 6.07) is 3.96. The van der Waals surface area contributed by atoms with Crippen molar-refractivity contribution in [3.05, 3.63) is 34.1 Å². The monoisotopic (exact) mass is 321 g/mol. The second-order valence-electron chi connectivity index (χ2n) is 3.72. The van der Waals surface area contributed by atoms with Crippen LogP contribution < -0.4 is 5.32 Å². The van der Waals surface area contributed by atoms with E-state index in [0.29, 0.717) is 16.6 Å². The van der Waals surface area contributed by atoms with Crippen LogP contribution in [0, 0.1) is 5.82 Å². The lowest BCUT2D eigenvalue weighted by Gasteiger charge is -2.10. The maximum Gasteiger partial charge on any atom is 0.252 e. The van der Waals surface area contributed by atoms with Gasteiger partial charge in [0.25, 0.3) is 5.91 Å². The molecule has 0 heterocycles. The first-order chi connectivity index (χ1) is 8.04. The third kappa shape index (κ3) is 4.64. The Kier molecular flexibility index (Phi) is 5.92. The van der Waals surface area contributed by atoms with Crippen LogP contribution in [-0.2, 0) is 0 Å². The van der Waals surface area contributed by atoms with E-state index in [1.54, 1.807) is 0 Å². The minimum Gasteiger partial charge on any atom is -0.351 e. The van der Waals surface area contributed by atoms with Gasteiger partial charge in [-0.15, -0.1) is 11.6 Å². The zero-order chi connectivity index (χ0) is 12.8. The van der Waals surface area contributed by atoms with E-state index >= 15 is 0 Å². The first-order valence-corrected chi connectivity index (χ1v) is 6.64. The van der Waals surface area contributed by atoms with Gasteiger partial charge in [-0.2, -0.15) is 0 Å². The van der Waals surface area contributed by atoms with E-state index in [1.165, 1.54) is 18.2 Å². The maximum atomic E-state index is 12.8. The maximum absolute atomic E-state index is 12.8. The van der Waals surface area contributed by atoms with E-state index in [4.69, 9.17) is 11.6 Å². The lowest BCUT2D eigenvalue weighted by Crippen LogP contribution is -2.29. The van der Waals surface area contributed by atoms with Gasteiger partial charge in [0.15, 0.2) is 0 Å². The predicted octanol–water partition coefficient (Wildman–Crippen LogP) is 3.73. The average molecular weight is 323 g/mol. The van der Waals surface area contributed by atoms with Gasteiger partial charge in [0.05, 0.1) is 10.9 Å². The van der Waals surface area contributed by atoms with E-state index < -0.39 is 0 Å². The zero-order valence-electron chi connectivity index (χ0n) is 9.47. The van der Waals surface area contributed by atoms with E-state index in [-0.39, 0.29) is 17.1 Å². The van der Waals surface area contributed by atoms with Crippen LogP contribution in [-0.4, -0.2) is 17.8 Å². The van der Waals surface area contributed by atoms with Crippen LogP contribution in [0.25, 0.3) is 0 Å². The van der Waals surface area contributed by atoms with Gasteiger partial charge in [-0.1, -0.05) is 13.3 Å². The highest BCUT2D eigenvalue weighted by Gasteiger charge is 2.12. The molecule has 0 spiro atoms. The quantitative estimate of drug-likeness (QED) is 0.822. The third-order valence-corrected chi connectivity index (χ3v) is 3.29. The topological polar surface area (TPSA) is 29.1 Å². The number of alkyl halides is 1. The summed E-state index contributed by atoms with van der Waals surface area (Å²) in [6.07, 6.45) is 1.83. The van der Waals surface area contributed by atoms with Crippen LogP contribution in [0.3, 0.4) is 0 Å². The molecule has 0 saturated heterocycles. The first-order valence-electron chi connectivity index (χ1n) is 5.42. The van der Waals surface area contributed by atoms with Gasteiger partial charge in [0, 0.05) is 11.0 Å². The molecular formula is C12H14BrClFNO. The van der Waals surface area contributed by atoms with Crippen LogP contribution in [0.2, 0.25) is 0 Å². The molecule has 0 aromatic heterocycles. The van der Waals surface area contributed by atoms with Gasteiger partial charge in [-0.05, 0) is 40.5 Å². The van der Waals surface area contributed by atoms with Crippen LogP contribution in [0.1, 0.15) is 30.1 Å². The van der Waals surface area contributed by atoms with Crippen molar-refractivity contribution in [3.8, 4) is 0 Å². The minimum atomic E-state index is -0.380. The van der Waals surface area contributed by atoms with E-state index in [2.05, 4.69) is 21.2 Å². The second kappa shape index (κ2) is 6.97. The number of hydrogen-bond donors (Lipinski definition) is 1. The highest BCUT2D eigenvalue weighted by Crippen LogP contribution is 2.18. The summed E-state index contributed by atoms with van der Waals surface area (Å²) in [7, 11) is 0. The van der Waals surface area contributed by atoms with E-state index in [1.807, 2.05) is 6.92 Å². The molecule has 1 aromatic rings. The van der Waals surface area contributed by atoms with Crippen molar-refractivity contribution in [2.24, 2.45) is 0 Å². The number of nitrogens with one attached hydrogen (secondary N) is 1. The van der Waals surface area contributed by atoms with Crippen molar-refractivity contribution in [2.45, 2.75) is 25.1 Å². The standard InChI is InChI=1S/C12H14BrClFNO/c1-2-3-8(14)7-16-12(17)10-5-4-9(15)6-11(10)13/h4-6,8H,2-3,7H2,1H3,(H,16,17). The molecule has 1 N–H and O–H groups in total. The Hall–Kier alpha value is -0.610.